The predicted octanol–water partition coefficient (Wildman–Crippen LogP) is 3.40. The van der Waals surface area contributed by atoms with Gasteiger partial charge in [-0.15, -0.1) is 0 Å². The average Bonchev–Trinajstić information content (AvgIpc) is 2.60. The molecular weight excluding hydrogens is 364 g/mol. The van der Waals surface area contributed by atoms with Crippen LogP contribution < -0.4 is 5.32 Å². The molecule has 5 nitrogen and oxygen atoms in total. The highest BCUT2D eigenvalue weighted by Crippen LogP contribution is 2.28. The maximum atomic E-state index is 12.9. The number of rotatable bonds is 7. The lowest BCUT2D eigenvalue weighted by molar-refractivity contribution is -0.140. The minimum Gasteiger partial charge on any atom is -0.378 e. The van der Waals surface area contributed by atoms with Crippen molar-refractivity contribution in [2.75, 3.05) is 26.3 Å². The third-order valence-corrected chi connectivity index (χ3v) is 5.14. The second-order valence-corrected chi connectivity index (χ2v) is 8.69. The van der Waals surface area contributed by atoms with E-state index in [1.54, 1.807) is 4.90 Å². The highest BCUT2D eigenvalue weighted by molar-refractivity contribution is 6.30. The number of carbonyl (C=O) groups is 2. The number of morpholine rings is 1. The Hall–Kier alpha value is -1.59. The summed E-state index contributed by atoms with van der Waals surface area (Å²) in [6.45, 7) is 10.4. The first-order chi connectivity index (χ1) is 12.7. The summed E-state index contributed by atoms with van der Waals surface area (Å²) in [5.41, 5.74) is 0.695. The van der Waals surface area contributed by atoms with E-state index in [1.165, 1.54) is 0 Å². The van der Waals surface area contributed by atoms with E-state index in [-0.39, 0.29) is 17.2 Å². The van der Waals surface area contributed by atoms with Crippen molar-refractivity contribution in [3.05, 3.63) is 34.9 Å². The minimum absolute atomic E-state index is 0.00958. The quantitative estimate of drug-likeness (QED) is 0.771. The van der Waals surface area contributed by atoms with Crippen LogP contribution in [0, 0.1) is 5.92 Å². The van der Waals surface area contributed by atoms with Gasteiger partial charge in [-0.3, -0.25) is 9.59 Å². The van der Waals surface area contributed by atoms with Gasteiger partial charge in [-0.1, -0.05) is 51.4 Å². The Balaban J connectivity index is 2.03. The monoisotopic (exact) mass is 394 g/mol. The van der Waals surface area contributed by atoms with Crippen molar-refractivity contribution in [1.29, 1.82) is 0 Å². The van der Waals surface area contributed by atoms with E-state index in [4.69, 9.17) is 16.3 Å². The molecule has 1 N–H and O–H groups in total. The molecule has 27 heavy (non-hydrogen) atoms. The van der Waals surface area contributed by atoms with Crippen LogP contribution in [0.3, 0.4) is 0 Å². The summed E-state index contributed by atoms with van der Waals surface area (Å²) in [5, 5.41) is 3.66. The first-order valence-corrected chi connectivity index (χ1v) is 9.99. The van der Waals surface area contributed by atoms with E-state index >= 15 is 0 Å². The zero-order chi connectivity index (χ0) is 20.0. The van der Waals surface area contributed by atoms with Crippen LogP contribution in [0.25, 0.3) is 0 Å². The molecule has 2 rings (SSSR count). The molecular formula is C21H31ClN2O3. The third kappa shape index (κ3) is 6.51. The zero-order valence-electron chi connectivity index (χ0n) is 16.8. The summed E-state index contributed by atoms with van der Waals surface area (Å²) in [6.07, 6.45) is 0.933. The molecule has 150 valence electrons. The van der Waals surface area contributed by atoms with E-state index in [2.05, 4.69) is 19.2 Å². The summed E-state index contributed by atoms with van der Waals surface area (Å²) >= 11 is 5.96. The second-order valence-electron chi connectivity index (χ2n) is 8.25. The van der Waals surface area contributed by atoms with Crippen LogP contribution >= 0.6 is 11.6 Å². The molecule has 0 aliphatic carbocycles. The Bertz CT molecular complexity index is 637. The lowest BCUT2D eigenvalue weighted by Gasteiger charge is -2.32. The SMILES string of the molecule is CC(C)C[C@H](NC(=O)CC(C)(C)c1ccc(Cl)cc1)C(=O)N1CCOCC1. The summed E-state index contributed by atoms with van der Waals surface area (Å²) in [6, 6.07) is 7.07. The van der Waals surface area contributed by atoms with Gasteiger partial charge in [0, 0.05) is 24.5 Å². The van der Waals surface area contributed by atoms with Gasteiger partial charge in [0.25, 0.3) is 0 Å². The molecule has 1 saturated heterocycles. The van der Waals surface area contributed by atoms with Crippen LogP contribution in [0.1, 0.15) is 46.1 Å². The fraction of sp³-hybridized carbons (Fsp3) is 0.619. The molecule has 2 amide bonds. The lowest BCUT2D eigenvalue weighted by Crippen LogP contribution is -2.52. The molecule has 1 heterocycles. The van der Waals surface area contributed by atoms with Crippen molar-refractivity contribution in [2.24, 2.45) is 5.92 Å². The molecule has 0 radical (unpaired) electrons. The third-order valence-electron chi connectivity index (χ3n) is 4.89. The highest BCUT2D eigenvalue weighted by atomic mass is 35.5. The molecule has 1 atom stereocenters. The molecule has 6 heteroatoms. The molecule has 0 unspecified atom stereocenters. The second kappa shape index (κ2) is 9.56. The number of amides is 2. The van der Waals surface area contributed by atoms with Crippen molar-refractivity contribution < 1.29 is 14.3 Å². The van der Waals surface area contributed by atoms with E-state index in [0.717, 1.165) is 5.56 Å². The minimum atomic E-state index is -0.489. The number of benzene rings is 1. The van der Waals surface area contributed by atoms with Crippen molar-refractivity contribution in [1.82, 2.24) is 10.2 Å². The molecule has 0 bridgehead atoms. The van der Waals surface area contributed by atoms with Crippen LogP contribution in [0.4, 0.5) is 0 Å². The van der Waals surface area contributed by atoms with E-state index < -0.39 is 6.04 Å². The van der Waals surface area contributed by atoms with E-state index in [9.17, 15) is 9.59 Å². The molecule has 1 aliphatic heterocycles. The van der Waals surface area contributed by atoms with Gasteiger partial charge >= 0.3 is 0 Å². The molecule has 1 aromatic rings. The number of hydrogen-bond acceptors (Lipinski definition) is 3. The lowest BCUT2D eigenvalue weighted by atomic mass is 9.81. The summed E-state index contributed by atoms with van der Waals surface area (Å²) < 4.78 is 5.32. The van der Waals surface area contributed by atoms with Crippen LogP contribution in [0.5, 0.6) is 0 Å². The van der Waals surface area contributed by atoms with Gasteiger partial charge in [0.05, 0.1) is 13.2 Å². The number of nitrogens with zero attached hydrogens (tertiary/aromatic N) is 1. The number of halogens is 1. The van der Waals surface area contributed by atoms with Crippen LogP contribution in [0.2, 0.25) is 5.02 Å². The molecule has 0 spiro atoms. The first-order valence-electron chi connectivity index (χ1n) is 9.61. The van der Waals surface area contributed by atoms with Crippen LogP contribution in [0.15, 0.2) is 24.3 Å². The van der Waals surface area contributed by atoms with Gasteiger partial charge in [0.1, 0.15) is 6.04 Å². The van der Waals surface area contributed by atoms with Gasteiger partial charge in [-0.05, 0) is 35.4 Å². The van der Waals surface area contributed by atoms with Crippen LogP contribution in [-0.2, 0) is 19.7 Å². The smallest absolute Gasteiger partial charge is 0.245 e. The Kier molecular flexibility index (Phi) is 7.68. The maximum absolute atomic E-state index is 12.9. The Labute approximate surface area is 167 Å². The average molecular weight is 395 g/mol. The fourth-order valence-electron chi connectivity index (χ4n) is 3.35. The largest absolute Gasteiger partial charge is 0.378 e. The molecule has 1 aromatic carbocycles. The fourth-order valence-corrected chi connectivity index (χ4v) is 3.47. The Morgan fingerprint density at radius 3 is 2.33 bits per heavy atom. The van der Waals surface area contributed by atoms with Gasteiger partial charge in [-0.2, -0.15) is 0 Å². The summed E-state index contributed by atoms with van der Waals surface area (Å²) in [4.78, 5) is 27.4. The van der Waals surface area contributed by atoms with Gasteiger partial charge in [0.15, 0.2) is 0 Å². The van der Waals surface area contributed by atoms with Crippen molar-refractivity contribution in [3.63, 3.8) is 0 Å². The normalized spacial score (nSPS) is 16.3. The molecule has 1 aliphatic rings. The van der Waals surface area contributed by atoms with Crippen molar-refractivity contribution in [2.45, 2.75) is 52.0 Å². The van der Waals surface area contributed by atoms with E-state index in [1.807, 2.05) is 38.1 Å². The molecule has 0 aromatic heterocycles. The Morgan fingerprint density at radius 2 is 1.78 bits per heavy atom. The number of carbonyl (C=O) groups excluding carboxylic acids is 2. The maximum Gasteiger partial charge on any atom is 0.245 e. The van der Waals surface area contributed by atoms with Gasteiger partial charge < -0.3 is 15.0 Å². The van der Waals surface area contributed by atoms with Gasteiger partial charge in [-0.25, -0.2) is 0 Å². The van der Waals surface area contributed by atoms with E-state index in [0.29, 0.717) is 50.1 Å². The number of nitrogens with one attached hydrogen (secondary N) is 1. The number of hydrogen-bond donors (Lipinski definition) is 1. The molecule has 1 fully saturated rings. The summed E-state index contributed by atoms with van der Waals surface area (Å²) in [7, 11) is 0. The first kappa shape index (κ1) is 21.7. The van der Waals surface area contributed by atoms with Crippen molar-refractivity contribution in [3.8, 4) is 0 Å². The number of ether oxygens (including phenoxy) is 1. The standard InChI is InChI=1S/C21H31ClN2O3/c1-15(2)13-18(20(26)24-9-11-27-12-10-24)23-19(25)14-21(3,4)16-5-7-17(22)8-6-16/h5-8,15,18H,9-14H2,1-4H3,(H,23,25)/t18-/m0/s1. The topological polar surface area (TPSA) is 58.6 Å². The molecule has 0 saturated carbocycles. The van der Waals surface area contributed by atoms with Crippen molar-refractivity contribution >= 4 is 23.4 Å². The predicted molar refractivity (Wildman–Crippen MR) is 108 cm³/mol. The summed E-state index contributed by atoms with van der Waals surface area (Å²) in [5.74, 6) is 0.191. The zero-order valence-corrected chi connectivity index (χ0v) is 17.5. The highest BCUT2D eigenvalue weighted by Gasteiger charge is 2.30. The Morgan fingerprint density at radius 1 is 1.19 bits per heavy atom. The van der Waals surface area contributed by atoms with Gasteiger partial charge in [0.2, 0.25) is 11.8 Å². The van der Waals surface area contributed by atoms with Crippen LogP contribution in [-0.4, -0.2) is 49.1 Å².